The standard InChI is InChI=1S/C7H9NO2/c1-6-2-4-7(5-3-6)8(9)10/h2-6H,1H3,(H,9,10). The summed E-state index contributed by atoms with van der Waals surface area (Å²) in [5, 5.41) is 18.6. The van der Waals surface area contributed by atoms with Gasteiger partial charge in [-0.25, -0.2) is 0 Å². The van der Waals surface area contributed by atoms with Crippen LogP contribution in [0.3, 0.4) is 0 Å². The molecule has 1 N–H and O–H groups in total. The average Bonchev–Trinajstić information content (AvgIpc) is 1.88. The van der Waals surface area contributed by atoms with E-state index in [4.69, 9.17) is 5.21 Å². The van der Waals surface area contributed by atoms with Crippen molar-refractivity contribution in [3.63, 3.8) is 0 Å². The molecule has 0 aromatic rings. The maximum atomic E-state index is 10.2. The largest absolute Gasteiger partial charge is 0.417 e. The average molecular weight is 139 g/mol. The summed E-state index contributed by atoms with van der Waals surface area (Å²) in [5.74, 6) is 0.351. The molecule has 0 aromatic carbocycles. The van der Waals surface area contributed by atoms with Gasteiger partial charge in [0.05, 0.1) is 0 Å². The third-order valence-corrected chi connectivity index (χ3v) is 1.36. The molecule has 3 nitrogen and oxygen atoms in total. The molecule has 54 valence electrons. The van der Waals surface area contributed by atoms with Gasteiger partial charge in [-0.2, -0.15) is 0 Å². The van der Waals surface area contributed by atoms with Gasteiger partial charge in [0.25, 0.3) is 5.71 Å². The van der Waals surface area contributed by atoms with Crippen LogP contribution in [0, 0.1) is 11.1 Å². The van der Waals surface area contributed by atoms with Crippen LogP contribution < -0.4 is 0 Å². The monoisotopic (exact) mass is 139 g/mol. The van der Waals surface area contributed by atoms with Crippen molar-refractivity contribution < 1.29 is 10.1 Å². The Kier molecular flexibility index (Phi) is 1.76. The molecule has 0 atom stereocenters. The fourth-order valence-corrected chi connectivity index (χ4v) is 0.748. The van der Waals surface area contributed by atoms with Crippen molar-refractivity contribution in [1.82, 2.24) is 0 Å². The van der Waals surface area contributed by atoms with Crippen LogP contribution in [0.5, 0.6) is 0 Å². The summed E-state index contributed by atoms with van der Waals surface area (Å²) >= 11 is 0. The molecule has 1 aliphatic carbocycles. The SMILES string of the molecule is CC1C=CC(=[N+]([O-])O)C=C1. The molecule has 0 saturated carbocycles. The lowest BCUT2D eigenvalue weighted by atomic mass is 10.1. The second-order valence-corrected chi connectivity index (χ2v) is 2.28. The molecule has 3 heteroatoms. The van der Waals surface area contributed by atoms with Crippen LogP contribution in [-0.4, -0.2) is 15.8 Å². The molecule has 10 heavy (non-hydrogen) atoms. The van der Waals surface area contributed by atoms with Gasteiger partial charge >= 0.3 is 0 Å². The minimum Gasteiger partial charge on any atom is -0.417 e. The van der Waals surface area contributed by atoms with E-state index in [1.54, 1.807) is 12.2 Å². The zero-order valence-corrected chi connectivity index (χ0v) is 5.69. The van der Waals surface area contributed by atoms with E-state index in [1.807, 2.05) is 19.1 Å². The lowest BCUT2D eigenvalue weighted by Gasteiger charge is -2.01. The second-order valence-electron chi connectivity index (χ2n) is 2.28. The maximum absolute atomic E-state index is 10.2. The molecule has 0 aromatic heterocycles. The first kappa shape index (κ1) is 6.86. The van der Waals surface area contributed by atoms with E-state index in [2.05, 4.69) is 0 Å². The molecule has 0 heterocycles. The third kappa shape index (κ3) is 1.37. The van der Waals surface area contributed by atoms with Gasteiger partial charge in [0.1, 0.15) is 0 Å². The smallest absolute Gasteiger partial charge is 0.267 e. The van der Waals surface area contributed by atoms with Crippen LogP contribution in [0.15, 0.2) is 24.3 Å². The molecule has 0 bridgehead atoms. The van der Waals surface area contributed by atoms with Crippen molar-refractivity contribution in [1.29, 1.82) is 0 Å². The lowest BCUT2D eigenvalue weighted by molar-refractivity contribution is -0.725. The van der Waals surface area contributed by atoms with Crippen molar-refractivity contribution in [2.24, 2.45) is 5.92 Å². The Morgan fingerprint density at radius 1 is 1.50 bits per heavy atom. The summed E-state index contributed by atoms with van der Waals surface area (Å²) in [4.78, 5) is -0.140. The number of hydrogen-bond donors (Lipinski definition) is 1. The zero-order valence-electron chi connectivity index (χ0n) is 5.69. The van der Waals surface area contributed by atoms with E-state index >= 15 is 0 Å². The third-order valence-electron chi connectivity index (χ3n) is 1.36. The fourth-order valence-electron chi connectivity index (χ4n) is 0.748. The van der Waals surface area contributed by atoms with Gasteiger partial charge in [-0.05, 0) is 5.92 Å². The summed E-state index contributed by atoms with van der Waals surface area (Å²) in [5.41, 5.74) is 0.276. The van der Waals surface area contributed by atoms with Crippen molar-refractivity contribution in [2.45, 2.75) is 6.92 Å². The van der Waals surface area contributed by atoms with Gasteiger partial charge in [0, 0.05) is 17.1 Å². The Bertz CT molecular complexity index is 196. The van der Waals surface area contributed by atoms with Crippen molar-refractivity contribution in [3.05, 3.63) is 29.5 Å². The van der Waals surface area contributed by atoms with Gasteiger partial charge in [0.2, 0.25) is 0 Å². The summed E-state index contributed by atoms with van der Waals surface area (Å²) in [6, 6.07) is 0. The molecule has 0 fully saturated rings. The highest BCUT2D eigenvalue weighted by atomic mass is 16.8. The molecule has 1 rings (SSSR count). The van der Waals surface area contributed by atoms with Crippen LogP contribution in [0.2, 0.25) is 0 Å². The molecule has 0 unspecified atom stereocenters. The van der Waals surface area contributed by atoms with Crippen LogP contribution >= 0.6 is 0 Å². The number of hydrogen-bond acceptors (Lipinski definition) is 2. The molecular formula is C7H9NO2. The number of rotatable bonds is 0. The van der Waals surface area contributed by atoms with E-state index < -0.39 is 0 Å². The minimum atomic E-state index is -0.140. The highest BCUT2D eigenvalue weighted by Crippen LogP contribution is 2.05. The Hall–Kier alpha value is -1.25. The van der Waals surface area contributed by atoms with Crippen molar-refractivity contribution in [2.75, 3.05) is 0 Å². The molecule has 0 aliphatic heterocycles. The first-order valence-corrected chi connectivity index (χ1v) is 3.09. The maximum Gasteiger partial charge on any atom is 0.267 e. The Balaban J connectivity index is 2.81. The minimum absolute atomic E-state index is 0.140. The van der Waals surface area contributed by atoms with Gasteiger partial charge in [-0.3, -0.25) is 5.21 Å². The normalized spacial score (nSPS) is 23.3. The molecule has 0 spiro atoms. The van der Waals surface area contributed by atoms with Crippen molar-refractivity contribution >= 4 is 5.71 Å². The van der Waals surface area contributed by atoms with Crippen molar-refractivity contribution in [3.8, 4) is 0 Å². The Morgan fingerprint density at radius 2 is 2.00 bits per heavy atom. The van der Waals surface area contributed by atoms with Gasteiger partial charge in [0.15, 0.2) is 0 Å². The second kappa shape index (κ2) is 2.56. The van der Waals surface area contributed by atoms with Gasteiger partial charge < -0.3 is 5.21 Å². The summed E-state index contributed by atoms with van der Waals surface area (Å²) in [6.07, 6.45) is 6.88. The molecule has 1 aliphatic rings. The Labute approximate surface area is 59.1 Å². The topological polar surface area (TPSA) is 46.3 Å². The van der Waals surface area contributed by atoms with E-state index in [9.17, 15) is 5.21 Å². The lowest BCUT2D eigenvalue weighted by Crippen LogP contribution is -2.09. The fraction of sp³-hybridized carbons (Fsp3) is 0.286. The molecule has 0 radical (unpaired) electrons. The molecular weight excluding hydrogens is 130 g/mol. The predicted octanol–water partition coefficient (Wildman–Crippen LogP) is 1.09. The first-order valence-electron chi connectivity index (χ1n) is 3.09. The van der Waals surface area contributed by atoms with Crippen LogP contribution in [0.1, 0.15) is 6.92 Å². The zero-order chi connectivity index (χ0) is 7.56. The Morgan fingerprint density at radius 3 is 2.40 bits per heavy atom. The molecule has 0 saturated heterocycles. The first-order chi connectivity index (χ1) is 4.70. The number of allylic oxidation sites excluding steroid dienone is 4. The van der Waals surface area contributed by atoms with Crippen LogP contribution in [0.4, 0.5) is 0 Å². The van der Waals surface area contributed by atoms with Crippen LogP contribution in [0.25, 0.3) is 0 Å². The quantitative estimate of drug-likeness (QED) is 0.310. The summed E-state index contributed by atoms with van der Waals surface area (Å²) < 4.78 is 0. The van der Waals surface area contributed by atoms with E-state index in [1.165, 1.54) is 0 Å². The molecule has 0 amide bonds. The van der Waals surface area contributed by atoms with Gasteiger partial charge in [-0.1, -0.05) is 19.1 Å². The van der Waals surface area contributed by atoms with Gasteiger partial charge in [-0.15, -0.1) is 0 Å². The summed E-state index contributed by atoms with van der Waals surface area (Å²) in [6.45, 7) is 2.00. The highest BCUT2D eigenvalue weighted by Gasteiger charge is 2.06. The van der Waals surface area contributed by atoms with E-state index in [-0.39, 0.29) is 10.6 Å². The number of nitrogens with zero attached hydrogens (tertiary/aromatic N) is 1. The summed E-state index contributed by atoms with van der Waals surface area (Å²) in [7, 11) is 0. The predicted molar refractivity (Wildman–Crippen MR) is 37.9 cm³/mol. The van der Waals surface area contributed by atoms with E-state index in [0.29, 0.717) is 5.92 Å². The van der Waals surface area contributed by atoms with E-state index in [0.717, 1.165) is 0 Å². The highest BCUT2D eigenvalue weighted by molar-refractivity contribution is 6.00. The van der Waals surface area contributed by atoms with Crippen LogP contribution in [-0.2, 0) is 0 Å².